The van der Waals surface area contributed by atoms with Crippen LogP contribution in [-0.2, 0) is 4.79 Å². The van der Waals surface area contributed by atoms with Crippen molar-refractivity contribution in [3.05, 3.63) is 119 Å². The average molecular weight is 497 g/mol. The Kier molecular flexibility index (Phi) is 6.90. The molecule has 0 aliphatic heterocycles. The predicted octanol–water partition coefficient (Wildman–Crippen LogP) is 3.57. The number of non-ortho nitro benzene ring substituents is 1. The predicted molar refractivity (Wildman–Crippen MR) is 139 cm³/mol. The van der Waals surface area contributed by atoms with Crippen LogP contribution in [0.5, 0.6) is 0 Å². The first kappa shape index (κ1) is 24.3. The number of carbonyl (C=O) groups is 1. The molecule has 1 aromatic heterocycles. The van der Waals surface area contributed by atoms with Crippen LogP contribution >= 0.6 is 11.3 Å². The first-order valence-electron chi connectivity index (χ1n) is 10.8. The number of hydrogen-bond donors (Lipinski definition) is 1. The van der Waals surface area contributed by atoms with Crippen LogP contribution < -0.4 is 20.1 Å². The summed E-state index contributed by atoms with van der Waals surface area (Å²) in [4.78, 5) is 37.1. The molecule has 1 N–H and O–H groups in total. The van der Waals surface area contributed by atoms with Gasteiger partial charge in [-0.15, -0.1) is 11.3 Å². The molecule has 1 amide bonds. The lowest BCUT2D eigenvalue weighted by Gasteiger charge is -2.09. The number of aromatic nitrogens is 1. The van der Waals surface area contributed by atoms with E-state index in [0.717, 1.165) is 22.5 Å². The SMILES string of the molecule is Cc1ccc(C)c(NC(=O)/C(C#N)=c2\s/c(=C\c3ccc([N+](=O)[O-])cc3)c(=O)n2-c2ccccc2)c1. The topological polar surface area (TPSA) is 118 Å². The quantitative estimate of drug-likeness (QED) is 0.335. The summed E-state index contributed by atoms with van der Waals surface area (Å²) in [5.41, 5.74) is 2.77. The highest BCUT2D eigenvalue weighted by Gasteiger charge is 2.18. The molecule has 8 nitrogen and oxygen atoms in total. The highest BCUT2D eigenvalue weighted by molar-refractivity contribution is 7.07. The Labute approximate surface area is 209 Å². The highest BCUT2D eigenvalue weighted by atomic mass is 32.1. The number of para-hydroxylation sites is 1. The van der Waals surface area contributed by atoms with Crippen molar-refractivity contribution >= 4 is 40.3 Å². The molecule has 1 heterocycles. The summed E-state index contributed by atoms with van der Waals surface area (Å²) < 4.78 is 1.79. The highest BCUT2D eigenvalue weighted by Crippen LogP contribution is 2.17. The maximum Gasteiger partial charge on any atom is 0.273 e. The van der Waals surface area contributed by atoms with Gasteiger partial charge < -0.3 is 5.32 Å². The zero-order chi connectivity index (χ0) is 25.8. The third kappa shape index (κ3) is 4.99. The first-order chi connectivity index (χ1) is 17.3. The van der Waals surface area contributed by atoms with E-state index in [4.69, 9.17) is 0 Å². The zero-order valence-electron chi connectivity index (χ0n) is 19.4. The van der Waals surface area contributed by atoms with E-state index in [-0.39, 0.29) is 20.5 Å². The number of nitro benzene ring substituents is 1. The summed E-state index contributed by atoms with van der Waals surface area (Å²) in [6, 6.07) is 22.1. The van der Waals surface area contributed by atoms with Crippen molar-refractivity contribution in [2.75, 3.05) is 5.32 Å². The summed E-state index contributed by atoms with van der Waals surface area (Å²) in [5.74, 6) is -0.626. The van der Waals surface area contributed by atoms with Crippen LogP contribution in [0.1, 0.15) is 16.7 Å². The van der Waals surface area contributed by atoms with Crippen LogP contribution in [0.25, 0.3) is 17.3 Å². The van der Waals surface area contributed by atoms with E-state index in [1.165, 1.54) is 28.8 Å². The molecule has 178 valence electrons. The van der Waals surface area contributed by atoms with Crippen molar-refractivity contribution in [2.45, 2.75) is 13.8 Å². The van der Waals surface area contributed by atoms with Gasteiger partial charge >= 0.3 is 0 Å². The van der Waals surface area contributed by atoms with Gasteiger partial charge in [-0.05, 0) is 66.9 Å². The average Bonchev–Trinajstić information content (AvgIpc) is 3.18. The number of carbonyl (C=O) groups excluding carboxylic acids is 1. The fourth-order valence-corrected chi connectivity index (χ4v) is 4.66. The van der Waals surface area contributed by atoms with Crippen LogP contribution in [-0.4, -0.2) is 15.4 Å². The number of anilines is 1. The second kappa shape index (κ2) is 10.2. The second-order valence-corrected chi connectivity index (χ2v) is 9.03. The van der Waals surface area contributed by atoms with Gasteiger partial charge in [-0.1, -0.05) is 30.3 Å². The molecule has 0 saturated carbocycles. The maximum absolute atomic E-state index is 13.4. The van der Waals surface area contributed by atoms with E-state index in [1.54, 1.807) is 36.4 Å². The van der Waals surface area contributed by atoms with Gasteiger partial charge in [-0.2, -0.15) is 5.26 Å². The number of aryl methyl sites for hydroxylation is 2. The molecular weight excluding hydrogens is 476 g/mol. The first-order valence-corrected chi connectivity index (χ1v) is 11.7. The Morgan fingerprint density at radius 1 is 1.08 bits per heavy atom. The minimum atomic E-state index is -0.626. The fraction of sp³-hybridized carbons (Fsp3) is 0.0741. The number of nitriles is 1. The molecule has 36 heavy (non-hydrogen) atoms. The van der Waals surface area contributed by atoms with Gasteiger partial charge in [0, 0.05) is 17.8 Å². The van der Waals surface area contributed by atoms with Gasteiger partial charge in [0.05, 0.1) is 15.1 Å². The third-order valence-electron chi connectivity index (χ3n) is 5.43. The Bertz CT molecular complexity index is 1700. The maximum atomic E-state index is 13.4. The normalized spacial score (nSPS) is 12.1. The van der Waals surface area contributed by atoms with Gasteiger partial charge in [0.15, 0.2) is 5.57 Å². The molecule has 0 saturated heterocycles. The fourth-order valence-electron chi connectivity index (χ4n) is 3.56. The van der Waals surface area contributed by atoms with Crippen molar-refractivity contribution in [3.63, 3.8) is 0 Å². The minimum absolute atomic E-state index is 0.0658. The lowest BCUT2D eigenvalue weighted by Crippen LogP contribution is -2.32. The molecule has 0 spiro atoms. The number of amides is 1. The van der Waals surface area contributed by atoms with Crippen LogP contribution in [0, 0.1) is 35.3 Å². The van der Waals surface area contributed by atoms with Crippen molar-refractivity contribution < 1.29 is 9.72 Å². The molecular formula is C27H20N4O4S. The Hall–Kier alpha value is -4.81. The van der Waals surface area contributed by atoms with Gasteiger partial charge in [0.25, 0.3) is 17.2 Å². The summed E-state index contributed by atoms with van der Waals surface area (Å²) in [7, 11) is 0. The molecule has 0 unspecified atom stereocenters. The van der Waals surface area contributed by atoms with Crippen LogP contribution in [0.15, 0.2) is 77.6 Å². The number of hydrogen-bond acceptors (Lipinski definition) is 6. The second-order valence-electron chi connectivity index (χ2n) is 8.00. The smallest absolute Gasteiger partial charge is 0.273 e. The van der Waals surface area contributed by atoms with Crippen LogP contribution in [0.2, 0.25) is 0 Å². The number of nitro groups is 1. The van der Waals surface area contributed by atoms with Gasteiger partial charge in [-0.3, -0.25) is 24.3 Å². The molecule has 0 aliphatic carbocycles. The number of thiazole rings is 1. The van der Waals surface area contributed by atoms with E-state index in [1.807, 2.05) is 38.1 Å². The summed E-state index contributed by atoms with van der Waals surface area (Å²) >= 11 is 1.01. The number of rotatable bonds is 5. The Morgan fingerprint density at radius 3 is 2.42 bits per heavy atom. The van der Waals surface area contributed by atoms with Crippen molar-refractivity contribution in [1.29, 1.82) is 5.26 Å². The monoisotopic (exact) mass is 496 g/mol. The van der Waals surface area contributed by atoms with Crippen molar-refractivity contribution in [2.24, 2.45) is 0 Å². The summed E-state index contributed by atoms with van der Waals surface area (Å²) in [6.45, 7) is 3.75. The molecule has 0 bridgehead atoms. The molecule has 3 aromatic carbocycles. The van der Waals surface area contributed by atoms with Gasteiger partial charge in [0.2, 0.25) is 0 Å². The van der Waals surface area contributed by atoms with E-state index in [0.29, 0.717) is 16.9 Å². The zero-order valence-corrected chi connectivity index (χ0v) is 20.2. The molecule has 0 radical (unpaired) electrons. The summed E-state index contributed by atoms with van der Waals surface area (Å²) in [6.07, 6.45) is 1.58. The largest absolute Gasteiger partial charge is 0.321 e. The van der Waals surface area contributed by atoms with E-state index < -0.39 is 16.4 Å². The van der Waals surface area contributed by atoms with E-state index in [9.17, 15) is 25.0 Å². The van der Waals surface area contributed by atoms with E-state index >= 15 is 0 Å². The van der Waals surface area contributed by atoms with Crippen molar-refractivity contribution in [3.8, 4) is 11.8 Å². The standard InChI is InChI=1S/C27H20N4O4S/c1-17-8-9-18(2)23(14-17)29-25(32)22(16-28)27-30(20-6-4-3-5-7-20)26(33)24(36-27)15-19-10-12-21(13-11-19)31(34)35/h3-15H,1-2H3,(H,29,32)/b24-15-,27-22-. The Morgan fingerprint density at radius 2 is 1.78 bits per heavy atom. The number of nitrogens with zero attached hydrogens (tertiary/aromatic N) is 3. The van der Waals surface area contributed by atoms with Crippen LogP contribution in [0.3, 0.4) is 0 Å². The molecule has 0 atom stereocenters. The molecule has 0 fully saturated rings. The molecule has 0 aliphatic rings. The number of nitrogens with one attached hydrogen (secondary N) is 1. The lowest BCUT2D eigenvalue weighted by molar-refractivity contribution is -0.384. The molecule has 4 aromatic rings. The van der Waals surface area contributed by atoms with Gasteiger partial charge in [-0.25, -0.2) is 0 Å². The Balaban J connectivity index is 1.93. The van der Waals surface area contributed by atoms with Crippen molar-refractivity contribution in [1.82, 2.24) is 4.57 Å². The molecule has 4 rings (SSSR count). The van der Waals surface area contributed by atoms with E-state index in [2.05, 4.69) is 5.32 Å². The number of benzene rings is 3. The lowest BCUT2D eigenvalue weighted by atomic mass is 10.1. The van der Waals surface area contributed by atoms with Crippen LogP contribution in [0.4, 0.5) is 11.4 Å². The minimum Gasteiger partial charge on any atom is -0.321 e. The summed E-state index contributed by atoms with van der Waals surface area (Å²) in [5, 5.41) is 23.7. The third-order valence-corrected chi connectivity index (χ3v) is 6.53. The van der Waals surface area contributed by atoms with Gasteiger partial charge in [0.1, 0.15) is 10.7 Å². The molecule has 9 heteroatoms.